The third kappa shape index (κ3) is 3.54. The number of amides is 1. The molecule has 5 nitrogen and oxygen atoms in total. The smallest absolute Gasteiger partial charge is 0.280 e. The van der Waals surface area contributed by atoms with Crippen molar-refractivity contribution in [3.05, 3.63) is 53.9 Å². The van der Waals surface area contributed by atoms with E-state index < -0.39 is 6.43 Å². The van der Waals surface area contributed by atoms with Crippen molar-refractivity contribution in [1.82, 2.24) is 19.9 Å². The second-order valence-electron chi connectivity index (χ2n) is 6.84. The SMILES string of the molecule is O=C(NC1CCCCC1)c1cnn2c(C(F)F)cc(-c3ccccc3)nc12. The number of fused-ring (bicyclic) bond motifs is 1. The van der Waals surface area contributed by atoms with Gasteiger partial charge in [-0.3, -0.25) is 4.79 Å². The van der Waals surface area contributed by atoms with Crippen molar-refractivity contribution in [2.24, 2.45) is 0 Å². The molecular weight excluding hydrogens is 350 g/mol. The zero-order valence-corrected chi connectivity index (χ0v) is 14.7. The molecule has 0 aliphatic heterocycles. The topological polar surface area (TPSA) is 59.3 Å². The Kier molecular flexibility index (Phi) is 4.83. The molecule has 0 unspecified atom stereocenters. The van der Waals surface area contributed by atoms with E-state index in [0.29, 0.717) is 11.3 Å². The summed E-state index contributed by atoms with van der Waals surface area (Å²) >= 11 is 0. The lowest BCUT2D eigenvalue weighted by atomic mass is 9.95. The lowest BCUT2D eigenvalue weighted by Gasteiger charge is -2.22. The van der Waals surface area contributed by atoms with Gasteiger partial charge >= 0.3 is 0 Å². The maximum absolute atomic E-state index is 13.6. The second-order valence-corrected chi connectivity index (χ2v) is 6.84. The summed E-state index contributed by atoms with van der Waals surface area (Å²) < 4.78 is 28.2. The Hall–Kier alpha value is -2.83. The molecule has 2 aromatic heterocycles. The van der Waals surface area contributed by atoms with E-state index in [4.69, 9.17) is 0 Å². The fourth-order valence-electron chi connectivity index (χ4n) is 3.57. The molecule has 1 N–H and O–H groups in total. The number of hydrogen-bond acceptors (Lipinski definition) is 3. The van der Waals surface area contributed by atoms with Gasteiger partial charge in [-0.15, -0.1) is 0 Å². The largest absolute Gasteiger partial charge is 0.349 e. The molecule has 0 spiro atoms. The van der Waals surface area contributed by atoms with Gasteiger partial charge in [0.15, 0.2) is 5.65 Å². The molecule has 1 aliphatic rings. The third-order valence-corrected chi connectivity index (χ3v) is 4.98. The van der Waals surface area contributed by atoms with E-state index in [2.05, 4.69) is 15.4 Å². The van der Waals surface area contributed by atoms with Crippen molar-refractivity contribution in [3.8, 4) is 11.3 Å². The molecule has 27 heavy (non-hydrogen) atoms. The molecule has 0 radical (unpaired) electrons. The van der Waals surface area contributed by atoms with E-state index in [1.807, 2.05) is 18.2 Å². The van der Waals surface area contributed by atoms with Crippen LogP contribution in [0.4, 0.5) is 8.78 Å². The van der Waals surface area contributed by atoms with Crippen LogP contribution in [0.1, 0.15) is 54.6 Å². The Morgan fingerprint density at radius 1 is 1.15 bits per heavy atom. The molecule has 1 fully saturated rings. The van der Waals surface area contributed by atoms with Gasteiger partial charge in [0.1, 0.15) is 11.3 Å². The first-order valence-corrected chi connectivity index (χ1v) is 9.16. The van der Waals surface area contributed by atoms with Gasteiger partial charge in [-0.1, -0.05) is 49.6 Å². The van der Waals surface area contributed by atoms with Gasteiger partial charge in [-0.2, -0.15) is 5.10 Å². The minimum atomic E-state index is -2.73. The van der Waals surface area contributed by atoms with Crippen molar-refractivity contribution in [2.45, 2.75) is 44.6 Å². The lowest BCUT2D eigenvalue weighted by Crippen LogP contribution is -2.36. The molecule has 1 saturated carbocycles. The molecule has 1 amide bonds. The first-order valence-electron chi connectivity index (χ1n) is 9.16. The van der Waals surface area contributed by atoms with E-state index in [0.717, 1.165) is 30.2 Å². The molecule has 7 heteroatoms. The van der Waals surface area contributed by atoms with Crippen molar-refractivity contribution in [2.75, 3.05) is 0 Å². The van der Waals surface area contributed by atoms with Crippen molar-refractivity contribution >= 4 is 11.6 Å². The minimum absolute atomic E-state index is 0.119. The standard InChI is InChI=1S/C20H20F2N4O/c21-18(22)17-11-16(13-7-3-1-4-8-13)25-19-15(12-23-26(17)19)20(27)24-14-9-5-2-6-10-14/h1,3-4,7-8,11-12,14,18H,2,5-6,9-10H2,(H,24,27). The molecule has 4 rings (SSSR count). The molecular formula is C20H20F2N4O. The molecule has 0 bridgehead atoms. The van der Waals surface area contributed by atoms with E-state index in [1.165, 1.54) is 18.7 Å². The lowest BCUT2D eigenvalue weighted by molar-refractivity contribution is 0.0929. The average molecular weight is 370 g/mol. The van der Waals surface area contributed by atoms with E-state index >= 15 is 0 Å². The number of hydrogen-bond donors (Lipinski definition) is 1. The highest BCUT2D eigenvalue weighted by Crippen LogP contribution is 2.27. The summed E-state index contributed by atoms with van der Waals surface area (Å²) in [5, 5.41) is 7.00. The highest BCUT2D eigenvalue weighted by molar-refractivity contribution is 6.00. The molecule has 2 heterocycles. The summed E-state index contributed by atoms with van der Waals surface area (Å²) in [6, 6.07) is 10.5. The predicted octanol–water partition coefficient (Wildman–Crippen LogP) is 4.40. The van der Waals surface area contributed by atoms with Gasteiger partial charge in [-0.05, 0) is 18.9 Å². The van der Waals surface area contributed by atoms with Gasteiger partial charge in [0, 0.05) is 11.6 Å². The number of carbonyl (C=O) groups excluding carboxylic acids is 1. The van der Waals surface area contributed by atoms with Gasteiger partial charge in [-0.25, -0.2) is 18.3 Å². The summed E-state index contributed by atoms with van der Waals surface area (Å²) in [6.07, 6.45) is 3.83. The monoisotopic (exact) mass is 370 g/mol. The molecule has 1 aliphatic carbocycles. The van der Waals surface area contributed by atoms with Crippen LogP contribution in [-0.2, 0) is 0 Å². The Morgan fingerprint density at radius 3 is 2.59 bits per heavy atom. The molecule has 0 saturated heterocycles. The fourth-order valence-corrected chi connectivity index (χ4v) is 3.57. The molecule has 140 valence electrons. The second kappa shape index (κ2) is 7.42. The summed E-state index contributed by atoms with van der Waals surface area (Å²) in [5.74, 6) is -0.310. The van der Waals surface area contributed by atoms with Crippen LogP contribution in [-0.4, -0.2) is 26.5 Å². The van der Waals surface area contributed by atoms with Crippen molar-refractivity contribution in [1.29, 1.82) is 0 Å². The molecule has 0 atom stereocenters. The van der Waals surface area contributed by atoms with Gasteiger partial charge in [0.2, 0.25) is 0 Å². The number of nitrogens with zero attached hydrogens (tertiary/aromatic N) is 3. The van der Waals surface area contributed by atoms with Crippen LogP contribution in [0.3, 0.4) is 0 Å². The number of alkyl halides is 2. The van der Waals surface area contributed by atoms with E-state index in [9.17, 15) is 13.6 Å². The highest BCUT2D eigenvalue weighted by Gasteiger charge is 2.23. The normalized spacial score (nSPS) is 15.4. The zero-order chi connectivity index (χ0) is 18.8. The van der Waals surface area contributed by atoms with Crippen molar-refractivity contribution in [3.63, 3.8) is 0 Å². The highest BCUT2D eigenvalue weighted by atomic mass is 19.3. The number of nitrogens with one attached hydrogen (secondary N) is 1. The quantitative estimate of drug-likeness (QED) is 0.741. The minimum Gasteiger partial charge on any atom is -0.349 e. The van der Waals surface area contributed by atoms with E-state index in [-0.39, 0.29) is 28.9 Å². The van der Waals surface area contributed by atoms with Crippen LogP contribution in [0.25, 0.3) is 16.9 Å². The number of carbonyl (C=O) groups is 1. The van der Waals surface area contributed by atoms with Crippen LogP contribution >= 0.6 is 0 Å². The Morgan fingerprint density at radius 2 is 1.89 bits per heavy atom. The summed E-state index contributed by atoms with van der Waals surface area (Å²) in [7, 11) is 0. The third-order valence-electron chi connectivity index (χ3n) is 4.98. The maximum Gasteiger partial charge on any atom is 0.280 e. The molecule has 1 aromatic carbocycles. The predicted molar refractivity (Wildman–Crippen MR) is 97.7 cm³/mol. The Bertz CT molecular complexity index is 949. The summed E-state index contributed by atoms with van der Waals surface area (Å²) in [4.78, 5) is 17.2. The summed E-state index contributed by atoms with van der Waals surface area (Å²) in [5.41, 5.74) is 1.20. The van der Waals surface area contributed by atoms with Crippen LogP contribution in [0.5, 0.6) is 0 Å². The zero-order valence-electron chi connectivity index (χ0n) is 14.7. The van der Waals surface area contributed by atoms with E-state index in [1.54, 1.807) is 12.1 Å². The van der Waals surface area contributed by atoms with Gasteiger partial charge < -0.3 is 5.32 Å². The Labute approximate surface area is 155 Å². The number of halogens is 2. The van der Waals surface area contributed by atoms with Crippen LogP contribution in [0, 0.1) is 0 Å². The number of aromatic nitrogens is 3. The van der Waals surface area contributed by atoms with Crippen LogP contribution in [0.2, 0.25) is 0 Å². The van der Waals surface area contributed by atoms with Crippen LogP contribution in [0.15, 0.2) is 42.6 Å². The van der Waals surface area contributed by atoms with Gasteiger partial charge in [0.25, 0.3) is 12.3 Å². The first-order chi connectivity index (χ1) is 13.1. The first kappa shape index (κ1) is 17.6. The average Bonchev–Trinajstić information content (AvgIpc) is 3.12. The fraction of sp³-hybridized carbons (Fsp3) is 0.350. The van der Waals surface area contributed by atoms with Crippen LogP contribution < -0.4 is 5.32 Å². The summed E-state index contributed by atoms with van der Waals surface area (Å²) in [6.45, 7) is 0. The number of benzene rings is 1. The van der Waals surface area contributed by atoms with Crippen molar-refractivity contribution < 1.29 is 13.6 Å². The maximum atomic E-state index is 13.6. The molecule has 3 aromatic rings. The van der Waals surface area contributed by atoms with Gasteiger partial charge in [0.05, 0.1) is 11.9 Å². The number of rotatable bonds is 4. The Balaban J connectivity index is 1.75.